The summed E-state index contributed by atoms with van der Waals surface area (Å²) in [5.74, 6) is 0.747. The van der Waals surface area contributed by atoms with E-state index in [9.17, 15) is 0 Å². The summed E-state index contributed by atoms with van der Waals surface area (Å²) >= 11 is 0. The molecule has 20 heavy (non-hydrogen) atoms. The number of rotatable bonds is 3. The summed E-state index contributed by atoms with van der Waals surface area (Å²) in [5.41, 5.74) is 5.30. The van der Waals surface area contributed by atoms with Gasteiger partial charge in [-0.25, -0.2) is 0 Å². The van der Waals surface area contributed by atoms with Gasteiger partial charge in [-0.05, 0) is 25.7 Å². The lowest BCUT2D eigenvalue weighted by Crippen LogP contribution is -2.03. The molecule has 0 aliphatic heterocycles. The monoisotopic (exact) mass is 264 g/mol. The fourth-order valence-electron chi connectivity index (χ4n) is 2.92. The number of hydrogen-bond donors (Lipinski definition) is 0. The molecule has 3 rings (SSSR count). The summed E-state index contributed by atoms with van der Waals surface area (Å²) < 4.78 is 5.30. The highest BCUT2D eigenvalue weighted by atomic mass is 16.5. The predicted octanol–water partition coefficient (Wildman–Crippen LogP) is 3.66. The summed E-state index contributed by atoms with van der Waals surface area (Å²) in [6, 6.07) is 10.1. The molecule has 0 saturated heterocycles. The Bertz CT molecular complexity index is 672. The molecule has 0 spiro atoms. The molecule has 0 fully saturated rings. The normalized spacial score (nSPS) is 12.8. The number of aryl methyl sites for hydroxylation is 1. The Balaban J connectivity index is 2.25. The van der Waals surface area contributed by atoms with E-state index in [2.05, 4.69) is 19.1 Å². The molecule has 1 aliphatic carbocycles. The van der Waals surface area contributed by atoms with E-state index < -0.39 is 0 Å². The highest BCUT2D eigenvalue weighted by molar-refractivity contribution is 5.68. The highest BCUT2D eigenvalue weighted by Gasteiger charge is 2.24. The van der Waals surface area contributed by atoms with Crippen LogP contribution in [0, 0.1) is 11.5 Å². The van der Waals surface area contributed by atoms with Crippen LogP contribution in [0.5, 0.6) is 5.75 Å². The zero-order chi connectivity index (χ0) is 13.9. The molecule has 0 amide bonds. The second-order valence-corrected chi connectivity index (χ2v) is 4.96. The lowest BCUT2D eigenvalue weighted by atomic mass is 9.99. The average molecular weight is 264 g/mol. The van der Waals surface area contributed by atoms with Gasteiger partial charge in [-0.2, -0.15) is 0 Å². The maximum atomic E-state index is 8.94. The van der Waals surface area contributed by atoms with Crippen LogP contribution in [0.2, 0.25) is 0 Å². The van der Waals surface area contributed by atoms with Gasteiger partial charge in [0.25, 0.3) is 6.26 Å². The van der Waals surface area contributed by atoms with Gasteiger partial charge in [0.05, 0.1) is 5.69 Å². The van der Waals surface area contributed by atoms with Crippen molar-refractivity contribution in [2.75, 3.05) is 0 Å². The van der Waals surface area contributed by atoms with Gasteiger partial charge in [0, 0.05) is 22.4 Å². The molecule has 1 aliphatic rings. The Kier molecular flexibility index (Phi) is 3.39. The number of aromatic nitrogens is 1. The van der Waals surface area contributed by atoms with Crippen molar-refractivity contribution in [3.63, 3.8) is 0 Å². The molecular weight excluding hydrogens is 248 g/mol. The zero-order valence-electron chi connectivity index (χ0n) is 11.5. The highest BCUT2D eigenvalue weighted by Crippen LogP contribution is 2.38. The van der Waals surface area contributed by atoms with E-state index in [1.807, 2.05) is 24.5 Å². The topological polar surface area (TPSA) is 45.9 Å². The van der Waals surface area contributed by atoms with E-state index in [4.69, 9.17) is 15.0 Å². The average Bonchev–Trinajstić information content (AvgIpc) is 2.96. The van der Waals surface area contributed by atoms with E-state index in [1.165, 1.54) is 0 Å². The second-order valence-electron chi connectivity index (χ2n) is 4.96. The first-order valence-corrected chi connectivity index (χ1v) is 7.01. The summed E-state index contributed by atoms with van der Waals surface area (Å²) in [6.45, 7) is 2.08. The molecule has 100 valence electrons. The van der Waals surface area contributed by atoms with Crippen LogP contribution < -0.4 is 4.74 Å². The van der Waals surface area contributed by atoms with Gasteiger partial charge in [-0.3, -0.25) is 4.98 Å². The van der Waals surface area contributed by atoms with Crippen molar-refractivity contribution in [1.82, 2.24) is 4.98 Å². The van der Waals surface area contributed by atoms with Gasteiger partial charge in [0.2, 0.25) is 0 Å². The van der Waals surface area contributed by atoms with Gasteiger partial charge in [0.1, 0.15) is 0 Å². The first-order chi connectivity index (χ1) is 9.85. The van der Waals surface area contributed by atoms with Crippen molar-refractivity contribution >= 4 is 0 Å². The van der Waals surface area contributed by atoms with Crippen molar-refractivity contribution in [1.29, 1.82) is 5.26 Å². The smallest absolute Gasteiger partial charge is 0.292 e. The summed E-state index contributed by atoms with van der Waals surface area (Å²) in [6.07, 6.45) is 5.67. The molecule has 0 bridgehead atoms. The Morgan fingerprint density at radius 1 is 1.25 bits per heavy atom. The minimum atomic E-state index is 0.747. The fourth-order valence-corrected chi connectivity index (χ4v) is 2.92. The molecule has 2 aromatic rings. The van der Waals surface area contributed by atoms with Gasteiger partial charge in [-0.15, -0.1) is 5.26 Å². The van der Waals surface area contributed by atoms with Crippen molar-refractivity contribution in [3.8, 4) is 23.3 Å². The van der Waals surface area contributed by atoms with Crippen LogP contribution in [-0.4, -0.2) is 4.98 Å². The van der Waals surface area contributed by atoms with Crippen LogP contribution >= 0.6 is 0 Å². The quantitative estimate of drug-likeness (QED) is 0.795. The summed E-state index contributed by atoms with van der Waals surface area (Å²) in [4.78, 5) is 4.85. The van der Waals surface area contributed by atoms with Gasteiger partial charge >= 0.3 is 0 Å². The van der Waals surface area contributed by atoms with Crippen LogP contribution in [0.4, 0.5) is 0 Å². The van der Waals surface area contributed by atoms with Crippen molar-refractivity contribution in [2.24, 2.45) is 0 Å². The summed E-state index contributed by atoms with van der Waals surface area (Å²) in [5, 5.41) is 8.94. The largest absolute Gasteiger partial charge is 0.387 e. The predicted molar refractivity (Wildman–Crippen MR) is 77.3 cm³/mol. The fraction of sp³-hybridized carbons (Fsp3) is 0.294. The van der Waals surface area contributed by atoms with Gasteiger partial charge in [-0.1, -0.05) is 37.3 Å². The number of nitrogens with zero attached hydrogens (tertiary/aromatic N) is 2. The Morgan fingerprint density at radius 2 is 2.05 bits per heavy atom. The van der Waals surface area contributed by atoms with Crippen LogP contribution in [0.1, 0.15) is 30.2 Å². The number of benzene rings is 1. The van der Waals surface area contributed by atoms with Gasteiger partial charge < -0.3 is 4.74 Å². The Morgan fingerprint density at radius 3 is 2.75 bits per heavy atom. The molecule has 1 aromatic carbocycles. The van der Waals surface area contributed by atoms with Crippen LogP contribution in [-0.2, 0) is 19.3 Å². The number of hydrogen-bond acceptors (Lipinski definition) is 3. The van der Waals surface area contributed by atoms with Gasteiger partial charge in [0.15, 0.2) is 5.75 Å². The van der Waals surface area contributed by atoms with Crippen molar-refractivity contribution < 1.29 is 4.74 Å². The molecule has 0 atom stereocenters. The van der Waals surface area contributed by atoms with E-state index in [-0.39, 0.29) is 0 Å². The second kappa shape index (κ2) is 5.34. The van der Waals surface area contributed by atoms with Crippen LogP contribution in [0.25, 0.3) is 11.3 Å². The molecule has 0 unspecified atom stereocenters. The van der Waals surface area contributed by atoms with Crippen molar-refractivity contribution in [3.05, 3.63) is 47.2 Å². The number of ether oxygens (including phenoxy) is 1. The number of nitriles is 1. The zero-order valence-corrected chi connectivity index (χ0v) is 11.5. The van der Waals surface area contributed by atoms with E-state index in [1.54, 1.807) is 0 Å². The first-order valence-electron chi connectivity index (χ1n) is 7.01. The minimum absolute atomic E-state index is 0.747. The molecule has 3 nitrogen and oxygen atoms in total. The van der Waals surface area contributed by atoms with Crippen LogP contribution in [0.15, 0.2) is 30.3 Å². The molecule has 1 aromatic heterocycles. The Hall–Kier alpha value is -2.34. The standard InChI is InChI=1S/C17H16N2O/c1-2-13-16(12-7-4-3-5-8-12)19-15-10-6-9-14(15)17(13)20-11-18/h3-5,7-8H,2,6,9-10H2,1H3. The number of pyridine rings is 1. The lowest BCUT2D eigenvalue weighted by molar-refractivity contribution is 0.494. The SMILES string of the molecule is CCc1c(-c2ccccc2)nc2c(c1OC#N)CCC2. The minimum Gasteiger partial charge on any atom is -0.387 e. The maximum Gasteiger partial charge on any atom is 0.292 e. The van der Waals surface area contributed by atoms with Crippen LogP contribution in [0.3, 0.4) is 0 Å². The molecule has 0 radical (unpaired) electrons. The molecule has 0 N–H and O–H groups in total. The molecule has 0 saturated carbocycles. The molecule has 3 heteroatoms. The third-order valence-corrected chi connectivity index (χ3v) is 3.82. The molecular formula is C17H16N2O. The third-order valence-electron chi connectivity index (χ3n) is 3.82. The maximum absolute atomic E-state index is 8.94. The Labute approximate surface area is 118 Å². The first kappa shape index (κ1) is 12.7. The third kappa shape index (κ3) is 2.04. The van der Waals surface area contributed by atoms with Crippen molar-refractivity contribution in [2.45, 2.75) is 32.6 Å². The van der Waals surface area contributed by atoms with E-state index in [0.29, 0.717) is 0 Å². The summed E-state index contributed by atoms with van der Waals surface area (Å²) in [7, 11) is 0. The number of fused-ring (bicyclic) bond motifs is 1. The van der Waals surface area contributed by atoms with E-state index in [0.717, 1.165) is 59.5 Å². The lowest BCUT2D eigenvalue weighted by Gasteiger charge is -2.15. The van der Waals surface area contributed by atoms with E-state index >= 15 is 0 Å². The molecule has 1 heterocycles.